The molecule has 3 nitrogen and oxygen atoms in total. The number of halogens is 3. The van der Waals surface area contributed by atoms with Crippen molar-refractivity contribution in [2.45, 2.75) is 18.7 Å². The number of aryl methyl sites for hydroxylation is 1. The summed E-state index contributed by atoms with van der Waals surface area (Å²) in [4.78, 5) is 14.4. The molecule has 0 bridgehead atoms. The number of nitrogens with zero attached hydrogens (tertiary/aromatic N) is 1. The van der Waals surface area contributed by atoms with E-state index >= 15 is 0 Å². The molecule has 0 saturated carbocycles. The Bertz CT molecular complexity index is 396. The van der Waals surface area contributed by atoms with Crippen molar-refractivity contribution >= 4 is 21.9 Å². The number of hydrogen-bond acceptors (Lipinski definition) is 2. The van der Waals surface area contributed by atoms with E-state index in [2.05, 4.69) is 20.9 Å². The molecule has 0 atom stereocenters. The maximum absolute atomic E-state index is 12.5. The molecule has 0 radical (unpaired) electrons. The zero-order chi connectivity index (χ0) is 11.6. The third-order valence-electron chi connectivity index (χ3n) is 1.89. The van der Waals surface area contributed by atoms with Crippen molar-refractivity contribution in [3.63, 3.8) is 0 Å². The fourth-order valence-corrected chi connectivity index (χ4v) is 1.60. The molecule has 0 saturated heterocycles. The monoisotopic (exact) mass is 279 g/mol. The Labute approximate surface area is 93.3 Å². The number of hydrogen-bond donors (Lipinski definition) is 1. The van der Waals surface area contributed by atoms with Gasteiger partial charge in [0, 0.05) is 5.33 Å². The molecule has 1 heterocycles. The third-order valence-corrected chi connectivity index (χ3v) is 2.43. The number of pyridine rings is 1. The first-order valence-corrected chi connectivity index (χ1v) is 5.17. The van der Waals surface area contributed by atoms with Gasteiger partial charge in [-0.15, -0.1) is 0 Å². The molecule has 0 amide bonds. The highest BCUT2D eigenvalue weighted by atomic mass is 79.9. The summed E-state index contributed by atoms with van der Waals surface area (Å²) in [6, 6.07) is 1.22. The van der Waals surface area contributed by atoms with E-state index in [0.29, 0.717) is 0 Å². The Kier molecular flexibility index (Phi) is 3.73. The van der Waals surface area contributed by atoms with Crippen molar-refractivity contribution in [1.82, 2.24) is 4.98 Å². The molecule has 0 spiro atoms. The molecule has 0 aromatic carbocycles. The maximum atomic E-state index is 12.5. The van der Waals surface area contributed by atoms with Crippen molar-refractivity contribution in [3.05, 3.63) is 28.6 Å². The Hall–Kier alpha value is -1.04. The molecule has 82 valence electrons. The molecule has 1 N–H and O–H groups in total. The highest BCUT2D eigenvalue weighted by Crippen LogP contribution is 2.23. The minimum atomic E-state index is -2.69. The van der Waals surface area contributed by atoms with Gasteiger partial charge in [-0.3, -0.25) is 0 Å². The molecule has 0 fully saturated rings. The molecule has 0 aliphatic carbocycles. The van der Waals surface area contributed by atoms with E-state index in [-0.39, 0.29) is 27.8 Å². The van der Waals surface area contributed by atoms with Crippen LogP contribution in [-0.2, 0) is 5.33 Å². The summed E-state index contributed by atoms with van der Waals surface area (Å²) in [5.41, 5.74) is -0.112. The Morgan fingerprint density at radius 1 is 1.67 bits per heavy atom. The van der Waals surface area contributed by atoms with Crippen LogP contribution in [0.25, 0.3) is 0 Å². The number of rotatable bonds is 3. The van der Waals surface area contributed by atoms with E-state index in [0.717, 1.165) is 0 Å². The average molecular weight is 280 g/mol. The van der Waals surface area contributed by atoms with E-state index < -0.39 is 12.4 Å². The SMILES string of the molecule is Cc1cc(C(=O)O)c(CBr)nc1C(F)F. The van der Waals surface area contributed by atoms with Gasteiger partial charge < -0.3 is 5.11 Å². The van der Waals surface area contributed by atoms with Crippen LogP contribution in [0.2, 0.25) is 0 Å². The summed E-state index contributed by atoms with van der Waals surface area (Å²) in [5, 5.41) is 8.94. The van der Waals surface area contributed by atoms with Gasteiger partial charge in [0.25, 0.3) is 6.43 Å². The van der Waals surface area contributed by atoms with Crippen LogP contribution in [0.1, 0.15) is 33.7 Å². The minimum Gasteiger partial charge on any atom is -0.478 e. The lowest BCUT2D eigenvalue weighted by Crippen LogP contribution is -2.08. The van der Waals surface area contributed by atoms with Crippen molar-refractivity contribution < 1.29 is 18.7 Å². The lowest BCUT2D eigenvalue weighted by molar-refractivity contribution is 0.0694. The second-order valence-corrected chi connectivity index (χ2v) is 3.48. The number of alkyl halides is 3. The normalized spacial score (nSPS) is 10.7. The van der Waals surface area contributed by atoms with Crippen LogP contribution < -0.4 is 0 Å². The van der Waals surface area contributed by atoms with Gasteiger partial charge in [-0.25, -0.2) is 18.6 Å². The molecule has 0 aliphatic rings. The predicted octanol–water partition coefficient (Wildman–Crippen LogP) is 2.92. The van der Waals surface area contributed by atoms with Gasteiger partial charge in [-0.05, 0) is 18.6 Å². The summed E-state index contributed by atoms with van der Waals surface area (Å²) in [6.07, 6.45) is -2.69. The third kappa shape index (κ3) is 2.50. The molecule has 6 heteroatoms. The highest BCUT2D eigenvalue weighted by Gasteiger charge is 2.18. The van der Waals surface area contributed by atoms with Crippen LogP contribution in [0, 0.1) is 6.92 Å². The van der Waals surface area contributed by atoms with E-state index in [1.165, 1.54) is 13.0 Å². The molecule has 1 aromatic rings. The Balaban J connectivity index is 3.35. The van der Waals surface area contributed by atoms with Crippen molar-refractivity contribution in [2.75, 3.05) is 0 Å². The summed E-state index contributed by atoms with van der Waals surface area (Å²) in [5.74, 6) is -1.17. The van der Waals surface area contributed by atoms with Gasteiger partial charge in [0.2, 0.25) is 0 Å². The first-order valence-electron chi connectivity index (χ1n) is 4.05. The van der Waals surface area contributed by atoms with Gasteiger partial charge in [-0.2, -0.15) is 0 Å². The summed E-state index contributed by atoms with van der Waals surface area (Å²) < 4.78 is 24.9. The van der Waals surface area contributed by atoms with Crippen molar-refractivity contribution in [2.24, 2.45) is 0 Å². The van der Waals surface area contributed by atoms with E-state index in [9.17, 15) is 13.6 Å². The summed E-state index contributed by atoms with van der Waals surface area (Å²) in [7, 11) is 0. The average Bonchev–Trinajstić information content (AvgIpc) is 2.16. The number of carbonyl (C=O) groups is 1. The first kappa shape index (κ1) is 12.0. The zero-order valence-electron chi connectivity index (χ0n) is 7.80. The quantitative estimate of drug-likeness (QED) is 0.866. The van der Waals surface area contributed by atoms with Gasteiger partial charge in [0.1, 0.15) is 5.69 Å². The lowest BCUT2D eigenvalue weighted by Gasteiger charge is -2.08. The van der Waals surface area contributed by atoms with Crippen LogP contribution in [-0.4, -0.2) is 16.1 Å². The molecule has 0 aliphatic heterocycles. The standard InChI is InChI=1S/C9H8BrF2NO2/c1-4-2-5(9(14)15)6(3-10)13-7(4)8(11)12/h2,8H,3H2,1H3,(H,14,15). The molecule has 15 heavy (non-hydrogen) atoms. The fourth-order valence-electron chi connectivity index (χ4n) is 1.18. The number of aromatic nitrogens is 1. The summed E-state index contributed by atoms with van der Waals surface area (Å²) >= 11 is 3.01. The first-order chi connectivity index (χ1) is 6.97. The second-order valence-electron chi connectivity index (χ2n) is 2.92. The zero-order valence-corrected chi connectivity index (χ0v) is 9.38. The molecular weight excluding hydrogens is 272 g/mol. The highest BCUT2D eigenvalue weighted by molar-refractivity contribution is 9.08. The molecule has 0 unspecified atom stereocenters. The minimum absolute atomic E-state index is 0.0474. The molecular formula is C9H8BrF2NO2. The lowest BCUT2D eigenvalue weighted by atomic mass is 10.1. The van der Waals surface area contributed by atoms with Gasteiger partial charge in [-0.1, -0.05) is 15.9 Å². The van der Waals surface area contributed by atoms with Crippen LogP contribution in [0.5, 0.6) is 0 Å². The van der Waals surface area contributed by atoms with Crippen molar-refractivity contribution in [1.29, 1.82) is 0 Å². The van der Waals surface area contributed by atoms with Crippen LogP contribution >= 0.6 is 15.9 Å². The largest absolute Gasteiger partial charge is 0.478 e. The molecule has 1 aromatic heterocycles. The van der Waals surface area contributed by atoms with E-state index in [1.807, 2.05) is 0 Å². The topological polar surface area (TPSA) is 50.2 Å². The van der Waals surface area contributed by atoms with Crippen molar-refractivity contribution in [3.8, 4) is 0 Å². The molecule has 1 rings (SSSR count). The van der Waals surface area contributed by atoms with Crippen LogP contribution in [0.4, 0.5) is 8.78 Å². The van der Waals surface area contributed by atoms with E-state index in [1.54, 1.807) is 0 Å². The Morgan fingerprint density at radius 3 is 2.67 bits per heavy atom. The smallest absolute Gasteiger partial charge is 0.337 e. The van der Waals surface area contributed by atoms with Crippen LogP contribution in [0.15, 0.2) is 6.07 Å². The van der Waals surface area contributed by atoms with Gasteiger partial charge >= 0.3 is 5.97 Å². The van der Waals surface area contributed by atoms with E-state index in [4.69, 9.17) is 5.11 Å². The van der Waals surface area contributed by atoms with Gasteiger partial charge in [0.05, 0.1) is 11.3 Å². The maximum Gasteiger partial charge on any atom is 0.337 e. The Morgan fingerprint density at radius 2 is 2.27 bits per heavy atom. The van der Waals surface area contributed by atoms with Crippen LogP contribution in [0.3, 0.4) is 0 Å². The summed E-state index contributed by atoms with van der Waals surface area (Å²) in [6.45, 7) is 1.42. The number of carboxylic acids is 1. The predicted molar refractivity (Wildman–Crippen MR) is 53.5 cm³/mol. The number of carboxylic acid groups (broad SMARTS) is 1. The van der Waals surface area contributed by atoms with Gasteiger partial charge in [0.15, 0.2) is 0 Å². The number of aromatic carboxylic acids is 1. The fraction of sp³-hybridized carbons (Fsp3) is 0.333. The second kappa shape index (κ2) is 4.65.